The quantitative estimate of drug-likeness (QED) is 0.711. The lowest BCUT2D eigenvalue weighted by molar-refractivity contribution is 0.266. The molecule has 2 atom stereocenters. The van der Waals surface area contributed by atoms with Gasteiger partial charge in [0, 0.05) is 16.4 Å². The van der Waals surface area contributed by atoms with Crippen LogP contribution < -0.4 is 0 Å². The van der Waals surface area contributed by atoms with Crippen molar-refractivity contribution in [1.82, 2.24) is 14.8 Å². The molecule has 1 aliphatic heterocycles. The van der Waals surface area contributed by atoms with E-state index in [2.05, 4.69) is 10.2 Å². The molecule has 144 valence electrons. The van der Waals surface area contributed by atoms with Gasteiger partial charge in [-0.25, -0.2) is 8.78 Å². The van der Waals surface area contributed by atoms with Crippen LogP contribution in [-0.4, -0.2) is 32.2 Å². The molecule has 8 heteroatoms. The van der Waals surface area contributed by atoms with Crippen molar-refractivity contribution in [2.24, 2.45) is 4.99 Å². The molecule has 3 heterocycles. The maximum atomic E-state index is 14.7. The first-order valence-electron chi connectivity index (χ1n) is 9.22. The van der Waals surface area contributed by atoms with E-state index in [4.69, 9.17) is 4.99 Å². The van der Waals surface area contributed by atoms with E-state index in [1.54, 1.807) is 11.3 Å². The zero-order chi connectivity index (χ0) is 19.6. The van der Waals surface area contributed by atoms with Crippen LogP contribution in [-0.2, 0) is 6.42 Å². The molecule has 28 heavy (non-hydrogen) atoms. The Balaban J connectivity index is 1.87. The van der Waals surface area contributed by atoms with E-state index in [-0.39, 0.29) is 18.1 Å². The van der Waals surface area contributed by atoms with Crippen LogP contribution in [0.2, 0.25) is 0 Å². The Morgan fingerprint density at radius 2 is 1.96 bits per heavy atom. The number of aliphatic hydroxyl groups is 1. The lowest BCUT2D eigenvalue weighted by atomic mass is 9.98. The maximum absolute atomic E-state index is 14.7. The van der Waals surface area contributed by atoms with E-state index >= 15 is 0 Å². The predicted octanol–water partition coefficient (Wildman–Crippen LogP) is 3.85. The van der Waals surface area contributed by atoms with Crippen LogP contribution in [0.25, 0.3) is 5.00 Å². The van der Waals surface area contributed by atoms with E-state index < -0.39 is 17.7 Å². The highest BCUT2D eigenvalue weighted by molar-refractivity contribution is 7.15. The van der Waals surface area contributed by atoms with Crippen LogP contribution in [0.1, 0.15) is 58.5 Å². The number of thiophene rings is 1. The summed E-state index contributed by atoms with van der Waals surface area (Å²) in [7, 11) is 0. The number of hydrogen-bond donors (Lipinski definition) is 1. The molecular formula is C20H18F2N4OS. The van der Waals surface area contributed by atoms with E-state index in [1.165, 1.54) is 18.2 Å². The lowest BCUT2D eigenvalue weighted by Gasteiger charge is -2.11. The fourth-order valence-corrected chi connectivity index (χ4v) is 5.74. The van der Waals surface area contributed by atoms with Gasteiger partial charge in [-0.3, -0.25) is 9.56 Å². The van der Waals surface area contributed by atoms with Crippen LogP contribution in [0, 0.1) is 18.6 Å². The molecule has 2 aromatic heterocycles. The number of aliphatic hydroxyl groups excluding tert-OH is 1. The van der Waals surface area contributed by atoms with Gasteiger partial charge in [0.05, 0.1) is 17.9 Å². The Hall–Kier alpha value is -2.45. The van der Waals surface area contributed by atoms with Crippen LogP contribution in [0.4, 0.5) is 8.78 Å². The fourth-order valence-electron chi connectivity index (χ4n) is 4.20. The molecule has 1 N–H and O–H groups in total. The first-order valence-corrected chi connectivity index (χ1v) is 10.0. The first kappa shape index (κ1) is 17.6. The molecule has 0 fully saturated rings. The Kier molecular flexibility index (Phi) is 3.96. The second-order valence-corrected chi connectivity index (χ2v) is 8.27. The minimum Gasteiger partial charge on any atom is -0.396 e. The van der Waals surface area contributed by atoms with Crippen molar-refractivity contribution < 1.29 is 13.9 Å². The lowest BCUT2D eigenvalue weighted by Crippen LogP contribution is -2.12. The van der Waals surface area contributed by atoms with Crippen molar-refractivity contribution in [1.29, 1.82) is 0 Å². The monoisotopic (exact) mass is 400 g/mol. The SMILES string of the molecule is Cc1nnc2n1-c1sc3c(c1C(c1c(F)cccc1F)=N[C@H]2C)CCC3CO. The summed E-state index contributed by atoms with van der Waals surface area (Å²) in [6, 6.07) is 3.46. The molecule has 1 unspecified atom stereocenters. The molecule has 5 rings (SSSR count). The summed E-state index contributed by atoms with van der Waals surface area (Å²) >= 11 is 1.54. The van der Waals surface area contributed by atoms with Gasteiger partial charge in [0.2, 0.25) is 0 Å². The molecule has 2 aliphatic rings. The van der Waals surface area contributed by atoms with Crippen molar-refractivity contribution in [3.05, 3.63) is 63.0 Å². The Morgan fingerprint density at radius 1 is 1.21 bits per heavy atom. The molecule has 0 saturated heterocycles. The maximum Gasteiger partial charge on any atom is 0.162 e. The zero-order valence-electron chi connectivity index (χ0n) is 15.4. The number of fused-ring (bicyclic) bond motifs is 5. The number of halogens is 2. The highest BCUT2D eigenvalue weighted by atomic mass is 32.1. The molecule has 0 saturated carbocycles. The van der Waals surface area contributed by atoms with Crippen molar-refractivity contribution in [2.75, 3.05) is 6.61 Å². The summed E-state index contributed by atoms with van der Waals surface area (Å²) < 4.78 is 31.4. The number of benzene rings is 1. The van der Waals surface area contributed by atoms with Gasteiger partial charge < -0.3 is 5.11 Å². The van der Waals surface area contributed by atoms with Crippen LogP contribution in [0.15, 0.2) is 23.2 Å². The zero-order valence-corrected chi connectivity index (χ0v) is 16.2. The van der Waals surface area contributed by atoms with Crippen LogP contribution >= 0.6 is 11.3 Å². The van der Waals surface area contributed by atoms with Gasteiger partial charge in [-0.2, -0.15) is 0 Å². The molecule has 0 bridgehead atoms. The van der Waals surface area contributed by atoms with Gasteiger partial charge in [-0.05, 0) is 44.4 Å². The number of nitrogens with zero attached hydrogens (tertiary/aromatic N) is 4. The number of aryl methyl sites for hydroxylation is 1. The van der Waals surface area contributed by atoms with Gasteiger partial charge in [0.15, 0.2) is 5.82 Å². The molecule has 5 nitrogen and oxygen atoms in total. The number of rotatable bonds is 2. The smallest absolute Gasteiger partial charge is 0.162 e. The molecule has 0 spiro atoms. The van der Waals surface area contributed by atoms with Gasteiger partial charge in [-0.1, -0.05) is 6.07 Å². The number of hydrogen-bond acceptors (Lipinski definition) is 5. The summed E-state index contributed by atoms with van der Waals surface area (Å²) in [5.41, 5.74) is 1.97. The highest BCUT2D eigenvalue weighted by Crippen LogP contribution is 2.47. The third-order valence-electron chi connectivity index (χ3n) is 5.54. The topological polar surface area (TPSA) is 63.3 Å². The summed E-state index contributed by atoms with van der Waals surface area (Å²) in [5.74, 6) is 0.113. The third kappa shape index (κ3) is 2.34. The Bertz CT molecular complexity index is 1110. The van der Waals surface area contributed by atoms with Gasteiger partial charge in [0.25, 0.3) is 0 Å². The van der Waals surface area contributed by atoms with E-state index in [1.807, 2.05) is 18.4 Å². The van der Waals surface area contributed by atoms with Crippen molar-refractivity contribution >= 4 is 17.0 Å². The Labute approximate surface area is 164 Å². The van der Waals surface area contributed by atoms with E-state index in [0.717, 1.165) is 33.8 Å². The van der Waals surface area contributed by atoms with Crippen molar-refractivity contribution in [3.8, 4) is 5.00 Å². The van der Waals surface area contributed by atoms with Gasteiger partial charge >= 0.3 is 0 Å². The number of aromatic nitrogens is 3. The minimum atomic E-state index is -0.636. The van der Waals surface area contributed by atoms with Crippen LogP contribution in [0.5, 0.6) is 0 Å². The van der Waals surface area contributed by atoms with Crippen molar-refractivity contribution in [3.63, 3.8) is 0 Å². The number of aliphatic imine (C=N–C) groups is 1. The average molecular weight is 400 g/mol. The summed E-state index contributed by atoms with van der Waals surface area (Å²) in [5, 5.41) is 19.1. The second-order valence-electron chi connectivity index (χ2n) is 7.23. The van der Waals surface area contributed by atoms with E-state index in [9.17, 15) is 13.9 Å². The molecule has 1 aliphatic carbocycles. The molecule has 3 aromatic rings. The third-order valence-corrected chi connectivity index (χ3v) is 6.92. The van der Waals surface area contributed by atoms with Gasteiger partial charge in [-0.15, -0.1) is 21.5 Å². The van der Waals surface area contributed by atoms with Crippen LogP contribution in [0.3, 0.4) is 0 Å². The predicted molar refractivity (Wildman–Crippen MR) is 103 cm³/mol. The largest absolute Gasteiger partial charge is 0.396 e. The molecule has 0 amide bonds. The Morgan fingerprint density at radius 3 is 2.68 bits per heavy atom. The second kappa shape index (κ2) is 6.28. The fraction of sp³-hybridized carbons (Fsp3) is 0.350. The molecule has 1 aromatic carbocycles. The minimum absolute atomic E-state index is 0.0382. The standard InChI is InChI=1S/C20H18F2N4OS/c1-9-19-25-24-10(2)26(19)20-15(12-7-6-11(8-27)18(12)28-20)17(23-9)16-13(21)4-3-5-14(16)22/h3-5,9,11,27H,6-8H2,1-2H3/t9-,11?/m0/s1. The van der Waals surface area contributed by atoms with Crippen molar-refractivity contribution in [2.45, 2.75) is 38.6 Å². The summed E-state index contributed by atoms with van der Waals surface area (Å²) in [4.78, 5) is 5.78. The molecule has 0 radical (unpaired) electrons. The average Bonchev–Trinajstić information content (AvgIpc) is 3.31. The first-order chi connectivity index (χ1) is 13.5. The highest BCUT2D eigenvalue weighted by Gasteiger charge is 2.37. The normalized spacial score (nSPS) is 20.4. The van der Waals surface area contributed by atoms with Gasteiger partial charge in [0.1, 0.15) is 28.5 Å². The summed E-state index contributed by atoms with van der Waals surface area (Å²) in [6.45, 7) is 3.76. The summed E-state index contributed by atoms with van der Waals surface area (Å²) in [6.07, 6.45) is 1.56. The molecular weight excluding hydrogens is 382 g/mol. The van der Waals surface area contributed by atoms with E-state index in [0.29, 0.717) is 17.4 Å².